The molecular formula is C18H19ClFNO6S. The Bertz CT molecular complexity index is 887. The van der Waals surface area contributed by atoms with Crippen LogP contribution in [0, 0.1) is 5.82 Å². The van der Waals surface area contributed by atoms with Crippen molar-refractivity contribution in [2.45, 2.75) is 24.0 Å². The zero-order valence-corrected chi connectivity index (χ0v) is 16.4. The summed E-state index contributed by atoms with van der Waals surface area (Å²) < 4.78 is 49.9. The quantitative estimate of drug-likeness (QED) is 0.466. The van der Waals surface area contributed by atoms with Crippen LogP contribution in [0.25, 0.3) is 0 Å². The van der Waals surface area contributed by atoms with Gasteiger partial charge in [0.2, 0.25) is 10.0 Å². The Morgan fingerprint density at radius 2 is 1.75 bits per heavy atom. The van der Waals surface area contributed by atoms with E-state index in [1.54, 1.807) is 0 Å². The number of hydrogen-bond donors (Lipinski definition) is 2. The van der Waals surface area contributed by atoms with Crippen molar-refractivity contribution in [2.24, 2.45) is 0 Å². The van der Waals surface area contributed by atoms with Crippen molar-refractivity contribution in [2.75, 3.05) is 13.2 Å². The maximum absolute atomic E-state index is 12.8. The van der Waals surface area contributed by atoms with Gasteiger partial charge in [-0.05, 0) is 55.5 Å². The van der Waals surface area contributed by atoms with Gasteiger partial charge < -0.3 is 14.6 Å². The molecule has 0 fully saturated rings. The molecule has 2 aromatic rings. The number of nitrogens with one attached hydrogen (secondary N) is 1. The van der Waals surface area contributed by atoms with E-state index in [0.717, 1.165) is 0 Å². The van der Waals surface area contributed by atoms with Crippen molar-refractivity contribution in [1.29, 1.82) is 0 Å². The van der Waals surface area contributed by atoms with Crippen LogP contribution in [0.3, 0.4) is 0 Å². The lowest BCUT2D eigenvalue weighted by Gasteiger charge is -2.20. The highest BCUT2D eigenvalue weighted by molar-refractivity contribution is 7.89. The second-order valence-corrected chi connectivity index (χ2v) is 7.91. The molecule has 2 aromatic carbocycles. The summed E-state index contributed by atoms with van der Waals surface area (Å²) in [6, 6.07) is 9.07. The topological polar surface area (TPSA) is 102 Å². The van der Waals surface area contributed by atoms with Gasteiger partial charge in [-0.25, -0.2) is 12.8 Å². The number of hydrogen-bond acceptors (Lipinski definition) is 6. The molecule has 0 aliphatic heterocycles. The number of esters is 1. The van der Waals surface area contributed by atoms with E-state index in [1.807, 2.05) is 0 Å². The largest absolute Gasteiger partial charge is 0.490 e. The lowest BCUT2D eigenvalue weighted by atomic mass is 10.2. The molecule has 0 aromatic heterocycles. The molecule has 0 aliphatic rings. The van der Waals surface area contributed by atoms with Gasteiger partial charge in [-0.3, -0.25) is 4.79 Å². The highest BCUT2D eigenvalue weighted by atomic mass is 35.5. The van der Waals surface area contributed by atoms with Gasteiger partial charge in [0, 0.05) is 5.02 Å². The van der Waals surface area contributed by atoms with E-state index >= 15 is 0 Å². The van der Waals surface area contributed by atoms with Crippen molar-refractivity contribution >= 4 is 27.6 Å². The van der Waals surface area contributed by atoms with E-state index in [4.69, 9.17) is 21.1 Å². The molecule has 0 aliphatic carbocycles. The summed E-state index contributed by atoms with van der Waals surface area (Å²) in [4.78, 5) is 12.1. The molecule has 7 nitrogen and oxygen atoms in total. The lowest BCUT2D eigenvalue weighted by Crippen LogP contribution is -2.48. The van der Waals surface area contributed by atoms with E-state index in [2.05, 4.69) is 4.72 Å². The lowest BCUT2D eigenvalue weighted by molar-refractivity contribution is -0.149. The van der Waals surface area contributed by atoms with E-state index in [1.165, 1.54) is 55.5 Å². The first-order chi connectivity index (χ1) is 13.2. The Morgan fingerprint density at radius 1 is 1.14 bits per heavy atom. The number of carbonyl (C=O) groups excluding carboxylic acids is 1. The number of carbonyl (C=O) groups is 1. The van der Waals surface area contributed by atoms with Crippen LogP contribution in [0.15, 0.2) is 53.4 Å². The third kappa shape index (κ3) is 6.45. The molecule has 0 bridgehead atoms. The van der Waals surface area contributed by atoms with Gasteiger partial charge in [0.1, 0.15) is 30.8 Å². The van der Waals surface area contributed by atoms with Crippen LogP contribution in [0.5, 0.6) is 5.75 Å². The van der Waals surface area contributed by atoms with Crippen molar-refractivity contribution in [3.63, 3.8) is 0 Å². The molecule has 0 saturated carbocycles. The van der Waals surface area contributed by atoms with E-state index in [0.29, 0.717) is 10.8 Å². The number of aliphatic hydroxyl groups is 1. The molecule has 0 unspecified atom stereocenters. The number of benzene rings is 2. The summed E-state index contributed by atoms with van der Waals surface area (Å²) in [5, 5.41) is 10.1. The van der Waals surface area contributed by atoms with Gasteiger partial charge in [-0.15, -0.1) is 0 Å². The van der Waals surface area contributed by atoms with Crippen LogP contribution in [-0.4, -0.2) is 44.9 Å². The SMILES string of the molecule is C[C@H](O)[C@H](NS(=O)(=O)c1ccc(Cl)cc1)C(=O)OCCOc1ccc(F)cc1. The molecule has 0 radical (unpaired) electrons. The third-order valence-electron chi connectivity index (χ3n) is 3.55. The van der Waals surface area contributed by atoms with Gasteiger partial charge in [-0.2, -0.15) is 4.72 Å². The molecule has 2 rings (SSSR count). The molecule has 10 heteroatoms. The Hall–Kier alpha value is -2.20. The minimum Gasteiger partial charge on any atom is -0.490 e. The van der Waals surface area contributed by atoms with Gasteiger partial charge in [0.15, 0.2) is 0 Å². The average Bonchev–Trinajstić information content (AvgIpc) is 2.64. The normalized spacial score (nSPS) is 13.6. The Kier molecular flexibility index (Phi) is 7.76. The molecule has 0 spiro atoms. The van der Waals surface area contributed by atoms with Crippen molar-refractivity contribution in [1.82, 2.24) is 4.72 Å². The summed E-state index contributed by atoms with van der Waals surface area (Å²) in [7, 11) is -4.08. The molecule has 0 heterocycles. The van der Waals surface area contributed by atoms with Gasteiger partial charge in [0.05, 0.1) is 11.0 Å². The third-order valence-corrected chi connectivity index (χ3v) is 5.26. The van der Waals surface area contributed by atoms with Crippen LogP contribution in [0.1, 0.15) is 6.92 Å². The molecular weight excluding hydrogens is 413 g/mol. The Morgan fingerprint density at radius 3 is 2.32 bits per heavy atom. The number of ether oxygens (including phenoxy) is 2. The number of sulfonamides is 1. The second kappa shape index (κ2) is 9.83. The van der Waals surface area contributed by atoms with Crippen molar-refractivity contribution < 1.29 is 32.2 Å². The Balaban J connectivity index is 1.92. The molecule has 0 amide bonds. The average molecular weight is 432 g/mol. The van der Waals surface area contributed by atoms with Gasteiger partial charge in [0.25, 0.3) is 0 Å². The van der Waals surface area contributed by atoms with E-state index in [-0.39, 0.29) is 18.1 Å². The van der Waals surface area contributed by atoms with Crippen LogP contribution in [-0.2, 0) is 19.6 Å². The summed E-state index contributed by atoms with van der Waals surface area (Å²) >= 11 is 5.73. The van der Waals surface area contributed by atoms with E-state index in [9.17, 15) is 22.7 Å². The summed E-state index contributed by atoms with van der Waals surface area (Å²) in [5.41, 5.74) is 0. The highest BCUT2D eigenvalue weighted by Crippen LogP contribution is 2.15. The fourth-order valence-electron chi connectivity index (χ4n) is 2.11. The number of halogens is 2. The van der Waals surface area contributed by atoms with Gasteiger partial charge in [-0.1, -0.05) is 11.6 Å². The molecule has 2 N–H and O–H groups in total. The molecule has 2 atom stereocenters. The zero-order chi connectivity index (χ0) is 20.7. The predicted molar refractivity (Wildman–Crippen MR) is 100 cm³/mol. The summed E-state index contributed by atoms with van der Waals surface area (Å²) in [5.74, 6) is -0.991. The summed E-state index contributed by atoms with van der Waals surface area (Å²) in [6.45, 7) is 1.03. The van der Waals surface area contributed by atoms with Crippen LogP contribution in [0.4, 0.5) is 4.39 Å². The fourth-order valence-corrected chi connectivity index (χ4v) is 3.50. The highest BCUT2D eigenvalue weighted by Gasteiger charge is 2.30. The molecule has 28 heavy (non-hydrogen) atoms. The number of rotatable bonds is 9. The minimum atomic E-state index is -4.08. The van der Waals surface area contributed by atoms with E-state index < -0.39 is 34.0 Å². The van der Waals surface area contributed by atoms with Crippen LogP contribution < -0.4 is 9.46 Å². The zero-order valence-electron chi connectivity index (χ0n) is 14.8. The van der Waals surface area contributed by atoms with Gasteiger partial charge >= 0.3 is 5.97 Å². The first kappa shape index (κ1) is 22.1. The number of aliphatic hydroxyl groups excluding tert-OH is 1. The maximum atomic E-state index is 12.8. The first-order valence-corrected chi connectivity index (χ1v) is 10.1. The van der Waals surface area contributed by atoms with Crippen LogP contribution >= 0.6 is 11.6 Å². The Labute approximate surface area is 167 Å². The van der Waals surface area contributed by atoms with Crippen LogP contribution in [0.2, 0.25) is 5.02 Å². The second-order valence-electron chi connectivity index (χ2n) is 5.76. The van der Waals surface area contributed by atoms with Crippen molar-refractivity contribution in [3.8, 4) is 5.75 Å². The fraction of sp³-hybridized carbons (Fsp3) is 0.278. The first-order valence-electron chi connectivity index (χ1n) is 8.20. The standard InChI is InChI=1S/C18H19ClFNO6S/c1-12(22)17(21-28(24,25)16-8-2-13(19)3-9-16)18(23)27-11-10-26-15-6-4-14(20)5-7-15/h2-9,12,17,21-22H,10-11H2,1H3/t12-,17-/m0/s1. The molecule has 152 valence electrons. The molecule has 0 saturated heterocycles. The summed E-state index contributed by atoms with van der Waals surface area (Å²) in [6.07, 6.45) is -1.34. The smallest absolute Gasteiger partial charge is 0.326 e. The monoisotopic (exact) mass is 431 g/mol. The minimum absolute atomic E-state index is 0.0339. The van der Waals surface area contributed by atoms with Crippen molar-refractivity contribution in [3.05, 3.63) is 59.4 Å². The predicted octanol–water partition coefficient (Wildman–Crippen LogP) is 2.13. The maximum Gasteiger partial charge on any atom is 0.326 e.